The molecule has 0 fully saturated rings. The molecule has 0 aliphatic rings. The van der Waals surface area contributed by atoms with Gasteiger partial charge in [-0.3, -0.25) is 0 Å². The van der Waals surface area contributed by atoms with Gasteiger partial charge in [0.1, 0.15) is 0 Å². The number of fused-ring (bicyclic) bond motifs is 1. The Balaban J connectivity index is 1.99. The molecular formula is C14H14N5O. The van der Waals surface area contributed by atoms with Crippen LogP contribution in [0.25, 0.3) is 16.9 Å². The van der Waals surface area contributed by atoms with Gasteiger partial charge in [-0.15, -0.1) is 5.10 Å². The minimum absolute atomic E-state index is 0.679. The van der Waals surface area contributed by atoms with Crippen LogP contribution in [0.1, 0.15) is 12.1 Å². The van der Waals surface area contributed by atoms with E-state index in [1.54, 1.807) is 11.8 Å². The maximum absolute atomic E-state index is 5.06. The normalized spacial score (nSPS) is 11.1. The number of para-hydroxylation sites is 1. The quantitative estimate of drug-likeness (QED) is 0.657. The molecule has 0 N–H and O–H groups in total. The van der Waals surface area contributed by atoms with E-state index >= 15 is 0 Å². The molecule has 0 aliphatic heterocycles. The summed E-state index contributed by atoms with van der Waals surface area (Å²) >= 11 is 0. The summed E-state index contributed by atoms with van der Waals surface area (Å²) in [7, 11) is 1.69. The van der Waals surface area contributed by atoms with Crippen molar-refractivity contribution in [2.75, 3.05) is 13.7 Å². The molecule has 0 bridgehead atoms. The summed E-state index contributed by atoms with van der Waals surface area (Å²) in [6.45, 7) is 0.693. The van der Waals surface area contributed by atoms with Gasteiger partial charge in [-0.2, -0.15) is 4.68 Å². The number of methoxy groups -OCH3 is 1. The maximum atomic E-state index is 5.06. The maximum Gasteiger partial charge on any atom is 0.200 e. The molecule has 0 atom stereocenters. The van der Waals surface area contributed by atoms with Crippen molar-refractivity contribution in [1.29, 1.82) is 0 Å². The van der Waals surface area contributed by atoms with E-state index in [1.807, 2.05) is 30.3 Å². The Morgan fingerprint density at radius 3 is 2.85 bits per heavy atom. The lowest BCUT2D eigenvalue weighted by atomic mass is 10.2. The minimum atomic E-state index is 0.679. The highest BCUT2D eigenvalue weighted by Gasteiger charge is 2.12. The van der Waals surface area contributed by atoms with Crippen molar-refractivity contribution in [3.8, 4) is 5.69 Å². The lowest BCUT2D eigenvalue weighted by Crippen LogP contribution is -2.00. The predicted molar refractivity (Wildman–Crippen MR) is 73.5 cm³/mol. The average Bonchev–Trinajstić information content (AvgIpc) is 2.93. The molecule has 6 nitrogen and oxygen atoms in total. The SMILES string of the molecule is COCCCc1n[c]nc2c1nnn2-c1ccccc1. The fourth-order valence-corrected chi connectivity index (χ4v) is 2.05. The van der Waals surface area contributed by atoms with E-state index in [0.717, 1.165) is 29.7 Å². The van der Waals surface area contributed by atoms with E-state index in [-0.39, 0.29) is 0 Å². The molecular weight excluding hydrogens is 254 g/mol. The Hall–Kier alpha value is -2.34. The molecule has 1 radical (unpaired) electrons. The van der Waals surface area contributed by atoms with Crippen LogP contribution in [0.2, 0.25) is 0 Å². The number of aryl methyl sites for hydroxylation is 1. The third kappa shape index (κ3) is 2.37. The first-order valence-corrected chi connectivity index (χ1v) is 6.43. The van der Waals surface area contributed by atoms with Crippen molar-refractivity contribution in [3.63, 3.8) is 0 Å². The van der Waals surface area contributed by atoms with Crippen molar-refractivity contribution in [2.45, 2.75) is 12.8 Å². The molecule has 2 aromatic heterocycles. The van der Waals surface area contributed by atoms with Crippen LogP contribution < -0.4 is 0 Å². The number of rotatable bonds is 5. The summed E-state index contributed by atoms with van der Waals surface area (Å²) in [5.74, 6) is 0. The van der Waals surface area contributed by atoms with Gasteiger partial charge in [0.25, 0.3) is 0 Å². The summed E-state index contributed by atoms with van der Waals surface area (Å²) in [5, 5.41) is 8.37. The molecule has 6 heteroatoms. The van der Waals surface area contributed by atoms with E-state index in [1.165, 1.54) is 0 Å². The Kier molecular flexibility index (Phi) is 3.64. The van der Waals surface area contributed by atoms with Crippen LogP contribution in [0.15, 0.2) is 30.3 Å². The first-order chi connectivity index (χ1) is 9.90. The Morgan fingerprint density at radius 2 is 2.05 bits per heavy atom. The number of benzene rings is 1. The van der Waals surface area contributed by atoms with Crippen LogP contribution in [0.5, 0.6) is 0 Å². The average molecular weight is 268 g/mol. The zero-order valence-electron chi connectivity index (χ0n) is 11.2. The van der Waals surface area contributed by atoms with Gasteiger partial charge in [-0.05, 0) is 25.0 Å². The van der Waals surface area contributed by atoms with Gasteiger partial charge >= 0.3 is 0 Å². The molecule has 0 saturated carbocycles. The molecule has 3 aromatic rings. The highest BCUT2D eigenvalue weighted by Crippen LogP contribution is 2.16. The number of hydrogen-bond acceptors (Lipinski definition) is 5. The molecule has 1 aromatic carbocycles. The molecule has 0 aliphatic carbocycles. The molecule has 0 amide bonds. The number of nitrogens with zero attached hydrogens (tertiary/aromatic N) is 5. The second-order valence-corrected chi connectivity index (χ2v) is 4.38. The summed E-state index contributed by atoms with van der Waals surface area (Å²) in [6, 6.07) is 9.78. The monoisotopic (exact) mass is 268 g/mol. The fourth-order valence-electron chi connectivity index (χ4n) is 2.05. The molecule has 101 valence electrons. The summed E-state index contributed by atoms with van der Waals surface area (Å²) in [6.07, 6.45) is 4.34. The number of ether oxygens (including phenoxy) is 1. The number of hydrogen-bond donors (Lipinski definition) is 0. The van der Waals surface area contributed by atoms with Crippen molar-refractivity contribution in [2.24, 2.45) is 0 Å². The lowest BCUT2D eigenvalue weighted by Gasteiger charge is -2.02. The second kappa shape index (κ2) is 5.75. The van der Waals surface area contributed by atoms with Crippen LogP contribution in [-0.4, -0.2) is 38.7 Å². The highest BCUT2D eigenvalue weighted by molar-refractivity contribution is 5.73. The van der Waals surface area contributed by atoms with Gasteiger partial charge in [0.05, 0.1) is 11.4 Å². The van der Waals surface area contributed by atoms with Crippen LogP contribution >= 0.6 is 0 Å². The fraction of sp³-hybridized carbons (Fsp3) is 0.286. The standard InChI is InChI=1S/C14H14N5O/c1-20-9-5-8-12-13-14(16-10-15-12)19(18-17-13)11-6-3-2-4-7-11/h2-4,6-7H,5,8-9H2,1H3. The summed E-state index contributed by atoms with van der Waals surface area (Å²) in [5.41, 5.74) is 3.18. The van der Waals surface area contributed by atoms with Crippen LogP contribution in [-0.2, 0) is 11.2 Å². The van der Waals surface area contributed by atoms with Gasteiger partial charge in [-0.25, -0.2) is 9.97 Å². The Labute approximate surface area is 116 Å². The van der Waals surface area contributed by atoms with Crippen LogP contribution in [0.3, 0.4) is 0 Å². The smallest absolute Gasteiger partial charge is 0.200 e. The lowest BCUT2D eigenvalue weighted by molar-refractivity contribution is 0.195. The zero-order chi connectivity index (χ0) is 13.8. The van der Waals surface area contributed by atoms with Gasteiger partial charge in [0.2, 0.25) is 0 Å². The van der Waals surface area contributed by atoms with Gasteiger partial charge in [0, 0.05) is 13.7 Å². The third-order valence-corrected chi connectivity index (χ3v) is 3.02. The summed E-state index contributed by atoms with van der Waals surface area (Å²) < 4.78 is 6.76. The predicted octanol–water partition coefficient (Wildman–Crippen LogP) is 1.59. The molecule has 20 heavy (non-hydrogen) atoms. The largest absolute Gasteiger partial charge is 0.385 e. The second-order valence-electron chi connectivity index (χ2n) is 4.38. The van der Waals surface area contributed by atoms with Crippen molar-refractivity contribution in [3.05, 3.63) is 42.4 Å². The van der Waals surface area contributed by atoms with Crippen molar-refractivity contribution >= 4 is 11.2 Å². The molecule has 0 saturated heterocycles. The van der Waals surface area contributed by atoms with Crippen LogP contribution in [0, 0.1) is 6.33 Å². The third-order valence-electron chi connectivity index (χ3n) is 3.02. The molecule has 3 rings (SSSR count). The minimum Gasteiger partial charge on any atom is -0.385 e. The number of aromatic nitrogens is 5. The molecule has 0 unspecified atom stereocenters. The zero-order valence-corrected chi connectivity index (χ0v) is 11.2. The van der Waals surface area contributed by atoms with Crippen molar-refractivity contribution in [1.82, 2.24) is 25.0 Å². The Bertz CT molecular complexity index is 695. The molecule has 2 heterocycles. The van der Waals surface area contributed by atoms with Gasteiger partial charge in [0.15, 0.2) is 17.5 Å². The summed E-state index contributed by atoms with van der Waals surface area (Å²) in [4.78, 5) is 8.36. The van der Waals surface area contributed by atoms with Gasteiger partial charge < -0.3 is 4.74 Å². The van der Waals surface area contributed by atoms with E-state index in [9.17, 15) is 0 Å². The first kappa shape index (κ1) is 12.7. The van der Waals surface area contributed by atoms with Crippen molar-refractivity contribution < 1.29 is 4.74 Å². The van der Waals surface area contributed by atoms with E-state index in [4.69, 9.17) is 4.74 Å². The van der Waals surface area contributed by atoms with Crippen LogP contribution in [0.4, 0.5) is 0 Å². The van der Waals surface area contributed by atoms with Gasteiger partial charge in [-0.1, -0.05) is 23.4 Å². The first-order valence-electron chi connectivity index (χ1n) is 6.43. The Morgan fingerprint density at radius 1 is 1.20 bits per heavy atom. The van der Waals surface area contributed by atoms with E-state index in [2.05, 4.69) is 26.6 Å². The highest BCUT2D eigenvalue weighted by atomic mass is 16.5. The van der Waals surface area contributed by atoms with E-state index in [0.29, 0.717) is 12.3 Å². The topological polar surface area (TPSA) is 65.7 Å². The molecule has 0 spiro atoms. The van der Waals surface area contributed by atoms with E-state index < -0.39 is 0 Å².